The van der Waals surface area contributed by atoms with E-state index in [1.165, 1.54) is 10.3 Å². The first kappa shape index (κ1) is 20.0. The number of nitrogens with one attached hydrogen (secondary N) is 1. The summed E-state index contributed by atoms with van der Waals surface area (Å²) in [5, 5.41) is 4.04. The zero-order chi connectivity index (χ0) is 22.4. The Labute approximate surface area is 199 Å². The molecule has 0 atom stereocenters. The number of hydrogen-bond acceptors (Lipinski definition) is 4. The lowest BCUT2D eigenvalue weighted by molar-refractivity contribution is 0.259. The Morgan fingerprint density at radius 2 is 1.52 bits per heavy atom. The van der Waals surface area contributed by atoms with E-state index >= 15 is 0 Å². The number of carbonyl (C=O) groups excluding carboxylic acids is 1. The molecular formula is C27H19N3OS2. The van der Waals surface area contributed by atoms with Crippen LogP contribution in [0, 0.1) is 6.92 Å². The van der Waals surface area contributed by atoms with E-state index in [0.29, 0.717) is 0 Å². The van der Waals surface area contributed by atoms with Gasteiger partial charge in [0.2, 0.25) is 0 Å². The Morgan fingerprint density at radius 1 is 0.848 bits per heavy atom. The molecule has 33 heavy (non-hydrogen) atoms. The summed E-state index contributed by atoms with van der Waals surface area (Å²) in [6.07, 6.45) is 0. The van der Waals surface area contributed by atoms with Crippen molar-refractivity contribution in [2.24, 2.45) is 0 Å². The van der Waals surface area contributed by atoms with Crippen LogP contribution in [0.4, 0.5) is 21.9 Å². The number of hydrogen-bond donors (Lipinski definition) is 1. The number of para-hydroxylation sites is 2. The minimum atomic E-state index is -0.182. The molecular weight excluding hydrogens is 446 g/mol. The van der Waals surface area contributed by atoms with Crippen molar-refractivity contribution in [1.82, 2.24) is 4.98 Å². The van der Waals surface area contributed by atoms with Gasteiger partial charge in [0.05, 0.1) is 21.6 Å². The van der Waals surface area contributed by atoms with E-state index in [0.717, 1.165) is 42.9 Å². The van der Waals surface area contributed by atoms with Gasteiger partial charge in [0.1, 0.15) is 5.01 Å². The quantitative estimate of drug-likeness (QED) is 0.286. The smallest absolute Gasteiger partial charge is 0.307 e. The van der Waals surface area contributed by atoms with Crippen molar-refractivity contribution in [1.29, 1.82) is 0 Å². The number of aromatic nitrogens is 1. The molecule has 6 rings (SSSR count). The number of nitrogens with zero attached hydrogens (tertiary/aromatic N) is 2. The number of thiazole rings is 1. The van der Waals surface area contributed by atoms with Crippen LogP contribution in [0.3, 0.4) is 0 Å². The van der Waals surface area contributed by atoms with Crippen molar-refractivity contribution in [2.45, 2.75) is 16.7 Å². The van der Waals surface area contributed by atoms with Gasteiger partial charge in [-0.15, -0.1) is 11.3 Å². The second-order valence-electron chi connectivity index (χ2n) is 7.87. The molecule has 1 aromatic heterocycles. The van der Waals surface area contributed by atoms with Crippen LogP contribution in [0.15, 0.2) is 101 Å². The highest BCUT2D eigenvalue weighted by atomic mass is 32.2. The summed E-state index contributed by atoms with van der Waals surface area (Å²) in [5.74, 6) is 0. The fourth-order valence-electron chi connectivity index (χ4n) is 3.95. The molecule has 2 amide bonds. The predicted octanol–water partition coefficient (Wildman–Crippen LogP) is 8.11. The number of rotatable bonds is 2. The van der Waals surface area contributed by atoms with Gasteiger partial charge in [0, 0.05) is 21.0 Å². The number of amides is 2. The average Bonchev–Trinajstić information content (AvgIpc) is 3.26. The number of carbonyl (C=O) groups is 1. The molecule has 0 bridgehead atoms. The monoisotopic (exact) mass is 465 g/mol. The molecule has 1 aliphatic heterocycles. The maximum atomic E-state index is 13.4. The fraction of sp³-hybridized carbons (Fsp3) is 0.0370. The number of anilines is 3. The number of fused-ring (bicyclic) bond motifs is 3. The van der Waals surface area contributed by atoms with Gasteiger partial charge < -0.3 is 5.32 Å². The molecule has 0 unspecified atom stereocenters. The normalized spacial score (nSPS) is 12.3. The van der Waals surface area contributed by atoms with E-state index in [-0.39, 0.29) is 6.03 Å². The highest BCUT2D eigenvalue weighted by Crippen LogP contribution is 2.48. The van der Waals surface area contributed by atoms with Gasteiger partial charge in [0.25, 0.3) is 0 Å². The van der Waals surface area contributed by atoms with E-state index in [1.54, 1.807) is 28.0 Å². The van der Waals surface area contributed by atoms with Crippen LogP contribution < -0.4 is 10.2 Å². The van der Waals surface area contributed by atoms with Gasteiger partial charge in [-0.3, -0.25) is 4.90 Å². The molecule has 0 saturated carbocycles. The minimum Gasteiger partial charge on any atom is -0.307 e. The third kappa shape index (κ3) is 3.67. The minimum absolute atomic E-state index is 0.182. The van der Waals surface area contributed by atoms with Crippen molar-refractivity contribution in [3.05, 3.63) is 96.6 Å². The van der Waals surface area contributed by atoms with Crippen molar-refractivity contribution >= 4 is 56.4 Å². The Morgan fingerprint density at radius 3 is 2.21 bits per heavy atom. The van der Waals surface area contributed by atoms with Crippen molar-refractivity contribution in [3.8, 4) is 10.6 Å². The van der Waals surface area contributed by atoms with Crippen LogP contribution in [0.2, 0.25) is 0 Å². The average molecular weight is 466 g/mol. The first-order chi connectivity index (χ1) is 16.2. The van der Waals surface area contributed by atoms with Crippen LogP contribution >= 0.6 is 23.1 Å². The second kappa shape index (κ2) is 8.06. The van der Waals surface area contributed by atoms with Gasteiger partial charge in [0.15, 0.2) is 0 Å². The number of aryl methyl sites for hydroxylation is 1. The molecule has 1 aliphatic rings. The van der Waals surface area contributed by atoms with Crippen LogP contribution in [-0.2, 0) is 0 Å². The summed E-state index contributed by atoms with van der Waals surface area (Å²) in [7, 11) is 0. The Kier molecular flexibility index (Phi) is 4.89. The van der Waals surface area contributed by atoms with Gasteiger partial charge in [-0.2, -0.15) is 0 Å². The van der Waals surface area contributed by atoms with E-state index in [4.69, 9.17) is 4.98 Å². The molecule has 6 heteroatoms. The number of urea groups is 1. The van der Waals surface area contributed by atoms with E-state index < -0.39 is 0 Å². The molecule has 0 saturated heterocycles. The van der Waals surface area contributed by atoms with Crippen LogP contribution in [0.25, 0.3) is 20.8 Å². The first-order valence-corrected chi connectivity index (χ1v) is 12.2. The van der Waals surface area contributed by atoms with Gasteiger partial charge >= 0.3 is 6.03 Å². The lowest BCUT2D eigenvalue weighted by Crippen LogP contribution is -2.32. The van der Waals surface area contributed by atoms with E-state index in [1.807, 2.05) is 72.8 Å². The van der Waals surface area contributed by atoms with Crippen molar-refractivity contribution in [3.63, 3.8) is 0 Å². The van der Waals surface area contributed by atoms with Gasteiger partial charge in [-0.1, -0.05) is 42.1 Å². The molecule has 4 nitrogen and oxygen atoms in total. The standard InChI is InChI=1S/C27H19N3OS2/c1-17-10-15-20-25(16-17)33-26(29-20)18-11-13-19(14-12-18)28-27(31)30-21-6-2-4-8-23(21)32-24-9-5-3-7-22(24)30/h2-16H,1H3,(H,28,31). The third-order valence-corrected chi connectivity index (χ3v) is 7.76. The van der Waals surface area contributed by atoms with E-state index in [2.05, 4.69) is 30.4 Å². The predicted molar refractivity (Wildman–Crippen MR) is 138 cm³/mol. The third-order valence-electron chi connectivity index (χ3n) is 5.56. The summed E-state index contributed by atoms with van der Waals surface area (Å²) in [6, 6.07) is 30.0. The molecule has 4 aromatic carbocycles. The SMILES string of the molecule is Cc1ccc2nc(-c3ccc(NC(=O)N4c5ccccc5Sc5ccccc54)cc3)sc2c1. The molecule has 1 N–H and O–H groups in total. The summed E-state index contributed by atoms with van der Waals surface area (Å²) in [5.41, 5.74) is 5.80. The number of benzene rings is 4. The zero-order valence-electron chi connectivity index (χ0n) is 17.8. The zero-order valence-corrected chi connectivity index (χ0v) is 19.4. The molecule has 0 fully saturated rings. The summed E-state index contributed by atoms with van der Waals surface area (Å²) >= 11 is 3.37. The maximum Gasteiger partial charge on any atom is 0.331 e. The lowest BCUT2D eigenvalue weighted by atomic mass is 10.2. The summed E-state index contributed by atoms with van der Waals surface area (Å²) < 4.78 is 1.18. The van der Waals surface area contributed by atoms with Crippen molar-refractivity contribution in [2.75, 3.05) is 10.2 Å². The molecule has 5 aromatic rings. The molecule has 0 spiro atoms. The Hall–Kier alpha value is -3.61. The molecule has 0 radical (unpaired) electrons. The summed E-state index contributed by atoms with van der Waals surface area (Å²) in [6.45, 7) is 2.09. The molecule has 2 heterocycles. The summed E-state index contributed by atoms with van der Waals surface area (Å²) in [4.78, 5) is 22.0. The van der Waals surface area contributed by atoms with E-state index in [9.17, 15) is 4.79 Å². The molecule has 160 valence electrons. The Bertz CT molecular complexity index is 1460. The van der Waals surface area contributed by atoms with Crippen molar-refractivity contribution < 1.29 is 4.79 Å². The largest absolute Gasteiger partial charge is 0.331 e. The van der Waals surface area contributed by atoms with Gasteiger partial charge in [-0.25, -0.2) is 9.78 Å². The second-order valence-corrected chi connectivity index (χ2v) is 9.99. The maximum absolute atomic E-state index is 13.4. The fourth-order valence-corrected chi connectivity index (χ4v) is 6.08. The highest BCUT2D eigenvalue weighted by Gasteiger charge is 2.27. The van der Waals surface area contributed by atoms with Crippen LogP contribution in [-0.4, -0.2) is 11.0 Å². The topological polar surface area (TPSA) is 45.2 Å². The Balaban J connectivity index is 1.28. The molecule has 0 aliphatic carbocycles. The van der Waals surface area contributed by atoms with Crippen LogP contribution in [0.1, 0.15) is 5.56 Å². The lowest BCUT2D eigenvalue weighted by Gasteiger charge is -2.31. The highest BCUT2D eigenvalue weighted by molar-refractivity contribution is 7.99. The first-order valence-electron chi connectivity index (χ1n) is 10.6. The van der Waals surface area contributed by atoms with Gasteiger partial charge in [-0.05, 0) is 73.2 Å². The van der Waals surface area contributed by atoms with Crippen LogP contribution in [0.5, 0.6) is 0 Å².